The predicted octanol–water partition coefficient (Wildman–Crippen LogP) is 9.14. The molecule has 2 rings (SSSR count). The van der Waals surface area contributed by atoms with E-state index >= 15 is 0 Å². The SMILES string of the molecule is CCCCCCCCCC=COc1ccc(OC(=O)c2ccc(OCCCC(C)CC)cc2)cc1. The molecule has 0 bridgehead atoms. The third kappa shape index (κ3) is 12.5. The second-order valence-electron chi connectivity index (χ2n) is 9.29. The Kier molecular flexibility index (Phi) is 14.4. The van der Waals surface area contributed by atoms with Crippen molar-refractivity contribution in [2.45, 2.75) is 91.4 Å². The molecule has 0 aliphatic heterocycles. The summed E-state index contributed by atoms with van der Waals surface area (Å²) in [7, 11) is 0. The van der Waals surface area contributed by atoms with Crippen molar-refractivity contribution >= 4 is 5.97 Å². The van der Waals surface area contributed by atoms with Crippen LogP contribution in [0.25, 0.3) is 0 Å². The lowest BCUT2D eigenvalue weighted by Gasteiger charge is -2.10. The largest absolute Gasteiger partial charge is 0.494 e. The zero-order valence-corrected chi connectivity index (χ0v) is 22.0. The molecule has 0 heterocycles. The molecule has 1 atom stereocenters. The summed E-state index contributed by atoms with van der Waals surface area (Å²) in [5.41, 5.74) is 0.491. The Morgan fingerprint density at radius 3 is 2.11 bits per heavy atom. The van der Waals surface area contributed by atoms with E-state index in [0.717, 1.165) is 30.3 Å². The first-order chi connectivity index (χ1) is 17.1. The molecule has 192 valence electrons. The van der Waals surface area contributed by atoms with Gasteiger partial charge in [-0.1, -0.05) is 65.7 Å². The Morgan fingerprint density at radius 2 is 1.43 bits per heavy atom. The number of hydrogen-bond acceptors (Lipinski definition) is 4. The van der Waals surface area contributed by atoms with Gasteiger partial charge in [-0.05, 0) is 86.2 Å². The van der Waals surface area contributed by atoms with Crippen LogP contribution in [-0.4, -0.2) is 12.6 Å². The van der Waals surface area contributed by atoms with Gasteiger partial charge in [0.15, 0.2) is 0 Å². The summed E-state index contributed by atoms with van der Waals surface area (Å²) in [4.78, 5) is 12.4. The van der Waals surface area contributed by atoms with E-state index in [1.165, 1.54) is 57.8 Å². The van der Waals surface area contributed by atoms with Gasteiger partial charge in [0.2, 0.25) is 0 Å². The van der Waals surface area contributed by atoms with E-state index in [9.17, 15) is 4.79 Å². The highest BCUT2D eigenvalue weighted by atomic mass is 16.5. The minimum atomic E-state index is -0.392. The molecule has 0 N–H and O–H groups in total. The van der Waals surface area contributed by atoms with Gasteiger partial charge in [0.25, 0.3) is 0 Å². The van der Waals surface area contributed by atoms with Gasteiger partial charge in [-0.3, -0.25) is 0 Å². The molecule has 0 radical (unpaired) electrons. The van der Waals surface area contributed by atoms with Gasteiger partial charge >= 0.3 is 5.97 Å². The first-order valence-corrected chi connectivity index (χ1v) is 13.5. The molecule has 0 fully saturated rings. The van der Waals surface area contributed by atoms with Crippen LogP contribution in [0.3, 0.4) is 0 Å². The van der Waals surface area contributed by atoms with Crippen LogP contribution in [0.5, 0.6) is 17.2 Å². The van der Waals surface area contributed by atoms with Crippen molar-refractivity contribution in [3.63, 3.8) is 0 Å². The summed E-state index contributed by atoms with van der Waals surface area (Å²) in [5.74, 6) is 2.31. The van der Waals surface area contributed by atoms with Crippen LogP contribution >= 0.6 is 0 Å². The third-order valence-corrected chi connectivity index (χ3v) is 6.21. The second kappa shape index (κ2) is 17.7. The molecule has 0 aliphatic rings. The molecule has 0 spiro atoms. The Morgan fingerprint density at radius 1 is 0.800 bits per heavy atom. The van der Waals surface area contributed by atoms with Gasteiger partial charge in [-0.15, -0.1) is 0 Å². The first kappa shape index (κ1) is 28.5. The lowest BCUT2D eigenvalue weighted by Crippen LogP contribution is -2.08. The molecule has 4 heteroatoms. The second-order valence-corrected chi connectivity index (χ2v) is 9.29. The number of allylic oxidation sites excluding steroid dienone is 1. The Balaban J connectivity index is 1.65. The lowest BCUT2D eigenvalue weighted by atomic mass is 10.0. The summed E-state index contributed by atoms with van der Waals surface area (Å²) in [6.45, 7) is 7.41. The minimum Gasteiger partial charge on any atom is -0.494 e. The van der Waals surface area contributed by atoms with Crippen molar-refractivity contribution in [1.29, 1.82) is 0 Å². The topological polar surface area (TPSA) is 44.8 Å². The number of hydrogen-bond donors (Lipinski definition) is 0. The molecule has 0 aliphatic carbocycles. The average molecular weight is 481 g/mol. The van der Waals surface area contributed by atoms with Gasteiger partial charge < -0.3 is 14.2 Å². The van der Waals surface area contributed by atoms with E-state index < -0.39 is 5.97 Å². The molecule has 35 heavy (non-hydrogen) atoms. The van der Waals surface area contributed by atoms with Crippen molar-refractivity contribution in [3.05, 3.63) is 66.4 Å². The van der Waals surface area contributed by atoms with Crippen LogP contribution in [-0.2, 0) is 0 Å². The smallest absolute Gasteiger partial charge is 0.343 e. The predicted molar refractivity (Wildman–Crippen MR) is 144 cm³/mol. The van der Waals surface area contributed by atoms with Gasteiger partial charge in [0, 0.05) is 0 Å². The number of rotatable bonds is 18. The van der Waals surface area contributed by atoms with Crippen molar-refractivity contribution in [1.82, 2.24) is 0 Å². The molecule has 0 saturated heterocycles. The molecule has 2 aromatic carbocycles. The van der Waals surface area contributed by atoms with Crippen LogP contribution in [0.2, 0.25) is 0 Å². The monoisotopic (exact) mass is 480 g/mol. The Labute approximate surface area is 212 Å². The van der Waals surface area contributed by atoms with Gasteiger partial charge in [0.05, 0.1) is 18.4 Å². The van der Waals surface area contributed by atoms with Gasteiger partial charge in [0.1, 0.15) is 17.2 Å². The molecule has 0 amide bonds. The van der Waals surface area contributed by atoms with Crippen molar-refractivity contribution in [2.24, 2.45) is 5.92 Å². The standard InChI is InChI=1S/C31H44O4/c1-4-6-7-8-9-10-11-12-13-24-33-29-20-22-30(23-21-29)35-31(32)27-16-18-28(19-17-27)34-25-14-15-26(3)5-2/h13,16-24,26H,4-12,14-15,25H2,1-3H3. The zero-order valence-electron chi connectivity index (χ0n) is 22.0. The quantitative estimate of drug-likeness (QED) is 0.0923. The fourth-order valence-electron chi connectivity index (χ4n) is 3.68. The number of unbranched alkanes of at least 4 members (excludes halogenated alkanes) is 7. The summed E-state index contributed by atoms with van der Waals surface area (Å²) in [5, 5.41) is 0. The van der Waals surface area contributed by atoms with E-state index in [-0.39, 0.29) is 0 Å². The first-order valence-electron chi connectivity index (χ1n) is 13.5. The number of benzene rings is 2. The fraction of sp³-hybridized carbons (Fsp3) is 0.516. The fourth-order valence-corrected chi connectivity index (χ4v) is 3.68. The molecule has 0 aromatic heterocycles. The summed E-state index contributed by atoms with van der Waals surface area (Å²) < 4.78 is 16.9. The number of esters is 1. The highest BCUT2D eigenvalue weighted by Crippen LogP contribution is 2.20. The van der Waals surface area contributed by atoms with Gasteiger partial charge in [-0.25, -0.2) is 4.79 Å². The van der Waals surface area contributed by atoms with E-state index in [4.69, 9.17) is 14.2 Å². The normalized spacial score (nSPS) is 12.0. The Bertz CT molecular complexity index is 839. The van der Waals surface area contributed by atoms with Crippen molar-refractivity contribution in [3.8, 4) is 17.2 Å². The van der Waals surface area contributed by atoms with E-state index in [1.807, 2.05) is 12.1 Å². The Hall–Kier alpha value is -2.75. The van der Waals surface area contributed by atoms with E-state index in [1.54, 1.807) is 42.7 Å². The molecule has 1 unspecified atom stereocenters. The van der Waals surface area contributed by atoms with Crippen LogP contribution < -0.4 is 14.2 Å². The van der Waals surface area contributed by atoms with Crippen LogP contribution in [0, 0.1) is 5.92 Å². The molecular formula is C31H44O4. The number of ether oxygens (including phenoxy) is 3. The molecule has 0 saturated carbocycles. The summed E-state index contributed by atoms with van der Waals surface area (Å²) in [6.07, 6.45) is 17.4. The molecule has 4 nitrogen and oxygen atoms in total. The van der Waals surface area contributed by atoms with Crippen LogP contribution in [0.15, 0.2) is 60.9 Å². The summed E-state index contributed by atoms with van der Waals surface area (Å²) in [6, 6.07) is 14.2. The van der Waals surface area contributed by atoms with E-state index in [0.29, 0.717) is 17.9 Å². The van der Waals surface area contributed by atoms with Crippen LogP contribution in [0.1, 0.15) is 102 Å². The maximum absolute atomic E-state index is 12.4. The third-order valence-electron chi connectivity index (χ3n) is 6.21. The lowest BCUT2D eigenvalue weighted by molar-refractivity contribution is 0.0734. The van der Waals surface area contributed by atoms with Crippen molar-refractivity contribution < 1.29 is 19.0 Å². The molecule has 2 aromatic rings. The van der Waals surface area contributed by atoms with Gasteiger partial charge in [-0.2, -0.15) is 0 Å². The number of carbonyl (C=O) groups excluding carboxylic acids is 1. The summed E-state index contributed by atoms with van der Waals surface area (Å²) >= 11 is 0. The average Bonchev–Trinajstić information content (AvgIpc) is 2.88. The highest BCUT2D eigenvalue weighted by Gasteiger charge is 2.09. The van der Waals surface area contributed by atoms with Crippen LogP contribution in [0.4, 0.5) is 0 Å². The molecular weight excluding hydrogens is 436 g/mol. The maximum Gasteiger partial charge on any atom is 0.343 e. The van der Waals surface area contributed by atoms with E-state index in [2.05, 4.69) is 26.8 Å². The zero-order chi connectivity index (χ0) is 25.1. The maximum atomic E-state index is 12.4. The van der Waals surface area contributed by atoms with Crippen molar-refractivity contribution in [2.75, 3.05) is 6.61 Å². The highest BCUT2D eigenvalue weighted by molar-refractivity contribution is 5.91. The number of carbonyl (C=O) groups is 1. The minimum absolute atomic E-state index is 0.392.